The van der Waals surface area contributed by atoms with Crippen molar-refractivity contribution in [2.24, 2.45) is 11.3 Å². The van der Waals surface area contributed by atoms with Gasteiger partial charge in [-0.15, -0.1) is 0 Å². The first-order valence-electron chi connectivity index (χ1n) is 8.36. The number of hydrogen-bond acceptors (Lipinski definition) is 2. The molecule has 9 heteroatoms. The van der Waals surface area contributed by atoms with Gasteiger partial charge >= 0.3 is 18.4 Å². The van der Waals surface area contributed by atoms with Crippen molar-refractivity contribution in [3.63, 3.8) is 0 Å². The van der Waals surface area contributed by atoms with E-state index in [1.165, 1.54) is 0 Å². The molecule has 0 aromatic rings. The average molecular weight is 379 g/mol. The number of rotatable bonds is 2. The van der Waals surface area contributed by atoms with E-state index in [-0.39, 0.29) is 24.4 Å². The summed E-state index contributed by atoms with van der Waals surface area (Å²) >= 11 is 0. The zero-order valence-electron chi connectivity index (χ0n) is 15.2. The predicted octanol–water partition coefficient (Wildman–Crippen LogP) is 5.79. The number of carbonyl (C=O) groups is 1. The normalized spacial score (nSPS) is 22.4. The van der Waals surface area contributed by atoms with Crippen molar-refractivity contribution in [2.75, 3.05) is 13.1 Å². The van der Waals surface area contributed by atoms with Crippen molar-refractivity contribution in [3.8, 4) is 0 Å². The Labute approximate surface area is 144 Å². The Balaban J connectivity index is 0.00000277. The fourth-order valence-electron chi connectivity index (χ4n) is 2.56. The lowest BCUT2D eigenvalue weighted by Gasteiger charge is -2.32. The predicted molar refractivity (Wildman–Crippen MR) is 82.1 cm³/mol. The number of nitrogens with zero attached hydrogens (tertiary/aromatic N) is 1. The first kappa shape index (κ1) is 23.9. The van der Waals surface area contributed by atoms with Crippen LogP contribution in [-0.4, -0.2) is 42.5 Å². The Hall–Kier alpha value is -1.15. The van der Waals surface area contributed by atoms with Gasteiger partial charge in [-0.05, 0) is 30.6 Å². The lowest BCUT2D eigenvalue weighted by Crippen LogP contribution is -2.48. The van der Waals surface area contributed by atoms with Crippen LogP contribution >= 0.6 is 0 Å². The summed E-state index contributed by atoms with van der Waals surface area (Å²) in [5, 5.41) is 0. The summed E-state index contributed by atoms with van der Waals surface area (Å²) in [5.41, 5.74) is -0.109. The summed E-state index contributed by atoms with van der Waals surface area (Å²) in [4.78, 5) is 12.7. The van der Waals surface area contributed by atoms with Crippen molar-refractivity contribution in [1.82, 2.24) is 4.90 Å². The smallest absolute Gasteiger partial charge is 0.426 e. The molecule has 1 amide bonds. The number of halogens is 6. The second kappa shape index (κ2) is 8.98. The third-order valence-electron chi connectivity index (χ3n) is 4.59. The fraction of sp³-hybridized carbons (Fsp3) is 0.938. The van der Waals surface area contributed by atoms with Gasteiger partial charge in [0.25, 0.3) is 6.10 Å². The summed E-state index contributed by atoms with van der Waals surface area (Å²) < 4.78 is 78.4. The SMILES string of the molecule is CC.CC(C)C1(C)CCCN(C(=O)OC(C(F)(F)F)C(F)(F)F)CC1. The molecule has 1 unspecified atom stereocenters. The van der Waals surface area contributed by atoms with E-state index < -0.39 is 24.5 Å². The molecule has 3 nitrogen and oxygen atoms in total. The molecule has 0 aromatic carbocycles. The van der Waals surface area contributed by atoms with Crippen LogP contribution in [0.3, 0.4) is 0 Å². The maximum Gasteiger partial charge on any atom is 0.434 e. The monoisotopic (exact) mass is 379 g/mol. The van der Waals surface area contributed by atoms with Crippen LogP contribution in [0.4, 0.5) is 31.1 Å². The van der Waals surface area contributed by atoms with Crippen LogP contribution in [0.1, 0.15) is 53.9 Å². The number of carbonyl (C=O) groups excluding carboxylic acids is 1. The van der Waals surface area contributed by atoms with Crippen molar-refractivity contribution < 1.29 is 35.9 Å². The molecule has 1 saturated heterocycles. The van der Waals surface area contributed by atoms with Gasteiger partial charge < -0.3 is 9.64 Å². The van der Waals surface area contributed by atoms with E-state index in [9.17, 15) is 31.1 Å². The van der Waals surface area contributed by atoms with Crippen LogP contribution in [0, 0.1) is 11.3 Å². The first-order chi connectivity index (χ1) is 11.3. The molecule has 0 saturated carbocycles. The number of likely N-dealkylation sites (tertiary alicyclic amines) is 1. The van der Waals surface area contributed by atoms with Crippen molar-refractivity contribution >= 4 is 6.09 Å². The van der Waals surface area contributed by atoms with E-state index in [4.69, 9.17) is 0 Å². The zero-order valence-corrected chi connectivity index (χ0v) is 15.2. The van der Waals surface area contributed by atoms with Crippen molar-refractivity contribution in [1.29, 1.82) is 0 Å². The molecule has 1 atom stereocenters. The average Bonchev–Trinajstić information content (AvgIpc) is 2.67. The molecule has 0 radical (unpaired) electrons. The Kier molecular flexibility index (Phi) is 8.57. The van der Waals surface area contributed by atoms with Crippen LogP contribution in [0.15, 0.2) is 0 Å². The van der Waals surface area contributed by atoms with Gasteiger partial charge in [-0.2, -0.15) is 26.3 Å². The highest BCUT2D eigenvalue weighted by atomic mass is 19.4. The third kappa shape index (κ3) is 6.93. The van der Waals surface area contributed by atoms with E-state index in [0.717, 1.165) is 11.3 Å². The lowest BCUT2D eigenvalue weighted by molar-refractivity contribution is -0.308. The summed E-state index contributed by atoms with van der Waals surface area (Å²) in [5.74, 6) is 0.288. The molecule has 1 heterocycles. The minimum absolute atomic E-state index is 0.0793. The molecular formula is C16H27F6NO2. The zero-order chi connectivity index (χ0) is 20.1. The summed E-state index contributed by atoms with van der Waals surface area (Å²) in [7, 11) is 0. The van der Waals surface area contributed by atoms with Crippen LogP contribution in [0.25, 0.3) is 0 Å². The third-order valence-corrected chi connectivity index (χ3v) is 4.59. The number of amides is 1. The largest absolute Gasteiger partial charge is 0.434 e. The van der Waals surface area contributed by atoms with Crippen molar-refractivity contribution in [3.05, 3.63) is 0 Å². The van der Waals surface area contributed by atoms with Crippen LogP contribution in [0.5, 0.6) is 0 Å². The van der Waals surface area contributed by atoms with Gasteiger partial charge in [0.1, 0.15) is 0 Å². The molecule has 1 aliphatic rings. The second-order valence-corrected chi connectivity index (χ2v) is 6.50. The maximum absolute atomic E-state index is 12.4. The summed E-state index contributed by atoms with van der Waals surface area (Å²) in [6.07, 6.45) is -15.3. The standard InChI is InChI=1S/C14H21F6NO2.C2H6/c1-9(2)12(3)5-4-7-21(8-6-12)11(22)23-10(13(15,16)17)14(18,19)20;1-2/h9-10H,4-8H2,1-3H3;1-2H3. The highest BCUT2D eigenvalue weighted by molar-refractivity contribution is 5.68. The quantitative estimate of drug-likeness (QED) is 0.568. The molecule has 1 fully saturated rings. The summed E-state index contributed by atoms with van der Waals surface area (Å²) in [6.45, 7) is 10.2. The molecule has 1 aliphatic heterocycles. The molecule has 0 spiro atoms. The Bertz CT molecular complexity index is 408. The number of hydrogen-bond donors (Lipinski definition) is 0. The first-order valence-corrected chi connectivity index (χ1v) is 8.36. The van der Waals surface area contributed by atoms with Gasteiger partial charge in [0.05, 0.1) is 0 Å². The lowest BCUT2D eigenvalue weighted by atomic mass is 9.73. The van der Waals surface area contributed by atoms with E-state index in [2.05, 4.69) is 4.74 Å². The minimum atomic E-state index is -5.69. The number of alkyl halides is 6. The maximum atomic E-state index is 12.4. The molecule has 0 bridgehead atoms. The van der Waals surface area contributed by atoms with E-state index in [0.29, 0.717) is 12.8 Å². The molecule has 1 rings (SSSR count). The van der Waals surface area contributed by atoms with Crippen molar-refractivity contribution in [2.45, 2.75) is 72.3 Å². The molecule has 0 aromatic heterocycles. The van der Waals surface area contributed by atoms with E-state index in [1.807, 2.05) is 34.6 Å². The van der Waals surface area contributed by atoms with Crippen LogP contribution < -0.4 is 0 Å². The fourth-order valence-corrected chi connectivity index (χ4v) is 2.56. The molecule has 0 N–H and O–H groups in total. The highest BCUT2D eigenvalue weighted by Crippen LogP contribution is 2.39. The van der Waals surface area contributed by atoms with Gasteiger partial charge in [-0.3, -0.25) is 0 Å². The Morgan fingerprint density at radius 1 is 1.00 bits per heavy atom. The van der Waals surface area contributed by atoms with Gasteiger partial charge in [0, 0.05) is 13.1 Å². The van der Waals surface area contributed by atoms with Gasteiger partial charge in [-0.25, -0.2) is 4.79 Å². The second-order valence-electron chi connectivity index (χ2n) is 6.50. The molecule has 25 heavy (non-hydrogen) atoms. The Morgan fingerprint density at radius 3 is 1.88 bits per heavy atom. The summed E-state index contributed by atoms with van der Waals surface area (Å²) in [6, 6.07) is 0. The van der Waals surface area contributed by atoms with Crippen LogP contribution in [0.2, 0.25) is 0 Å². The molecule has 0 aliphatic carbocycles. The molecular weight excluding hydrogens is 352 g/mol. The Morgan fingerprint density at radius 2 is 1.48 bits per heavy atom. The van der Waals surface area contributed by atoms with E-state index in [1.54, 1.807) is 0 Å². The topological polar surface area (TPSA) is 29.5 Å². The van der Waals surface area contributed by atoms with Gasteiger partial charge in [0.15, 0.2) is 0 Å². The molecule has 150 valence electrons. The van der Waals surface area contributed by atoms with Gasteiger partial charge in [-0.1, -0.05) is 34.6 Å². The number of ether oxygens (including phenoxy) is 1. The minimum Gasteiger partial charge on any atom is -0.426 e. The van der Waals surface area contributed by atoms with E-state index >= 15 is 0 Å². The van der Waals surface area contributed by atoms with Crippen LogP contribution in [-0.2, 0) is 4.74 Å². The highest BCUT2D eigenvalue weighted by Gasteiger charge is 2.60. The van der Waals surface area contributed by atoms with Gasteiger partial charge in [0.2, 0.25) is 0 Å².